The number of aryl methyl sites for hydroxylation is 2. The van der Waals surface area contributed by atoms with Crippen LogP contribution in [0.3, 0.4) is 0 Å². The predicted octanol–water partition coefficient (Wildman–Crippen LogP) is 1.43. The Balaban J connectivity index is 2.48. The lowest BCUT2D eigenvalue weighted by Crippen LogP contribution is -2.23. The van der Waals surface area contributed by atoms with Gasteiger partial charge in [-0.3, -0.25) is 13.9 Å². The zero-order valence-corrected chi connectivity index (χ0v) is 9.40. The Morgan fingerprint density at radius 2 is 1.93 bits per heavy atom. The number of hydrogen-bond acceptors (Lipinski definition) is 2. The van der Waals surface area contributed by atoms with Crippen LogP contribution in [0, 0.1) is 0 Å². The zero-order chi connectivity index (χ0) is 11.3. The number of ketones is 1. The number of carbonyl (C=O) groups excluding carboxylic acids is 1. The average molecular weight is 210 g/mol. The zero-order valence-electron chi connectivity index (χ0n) is 9.40. The third kappa shape index (κ3) is 3.08. The van der Waals surface area contributed by atoms with Crippen molar-refractivity contribution in [2.24, 2.45) is 0 Å². The molecule has 0 atom stereocenters. The van der Waals surface area contributed by atoms with E-state index < -0.39 is 0 Å². The van der Waals surface area contributed by atoms with Crippen LogP contribution in [0.1, 0.15) is 33.1 Å². The molecule has 15 heavy (non-hydrogen) atoms. The molecule has 1 aromatic rings. The molecule has 0 radical (unpaired) electrons. The molecule has 1 aromatic heterocycles. The molecule has 0 saturated heterocycles. The maximum absolute atomic E-state index is 11.6. The molecule has 0 spiro atoms. The summed E-state index contributed by atoms with van der Waals surface area (Å²) in [6.45, 7) is 5.13. The highest BCUT2D eigenvalue weighted by atomic mass is 16.1. The highest BCUT2D eigenvalue weighted by Gasteiger charge is 2.02. The fourth-order valence-corrected chi connectivity index (χ4v) is 1.49. The monoisotopic (exact) mass is 210 g/mol. The van der Waals surface area contributed by atoms with Gasteiger partial charge in [-0.05, 0) is 13.3 Å². The lowest BCUT2D eigenvalue weighted by Gasteiger charge is -2.00. The van der Waals surface area contributed by atoms with Crippen molar-refractivity contribution in [2.75, 3.05) is 0 Å². The molecule has 84 valence electrons. The lowest BCUT2D eigenvalue weighted by molar-refractivity contribution is -0.118. The second-order valence-electron chi connectivity index (χ2n) is 3.56. The number of aromatic nitrogens is 2. The summed E-state index contributed by atoms with van der Waals surface area (Å²) in [4.78, 5) is 22.6. The summed E-state index contributed by atoms with van der Waals surface area (Å²) in [5.41, 5.74) is 0.0152. The SMILES string of the molecule is CCC(=O)CCCn1ccn(CC)c1=O. The van der Waals surface area contributed by atoms with Crippen molar-refractivity contribution in [3.05, 3.63) is 22.9 Å². The van der Waals surface area contributed by atoms with Crippen molar-refractivity contribution in [3.63, 3.8) is 0 Å². The van der Waals surface area contributed by atoms with Gasteiger partial charge in [0, 0.05) is 38.3 Å². The Labute approximate surface area is 89.5 Å². The van der Waals surface area contributed by atoms with E-state index in [0.717, 1.165) is 6.42 Å². The first-order valence-electron chi connectivity index (χ1n) is 5.46. The highest BCUT2D eigenvalue weighted by molar-refractivity contribution is 5.77. The molecule has 0 aliphatic carbocycles. The molecular weight excluding hydrogens is 192 g/mol. The second-order valence-corrected chi connectivity index (χ2v) is 3.56. The van der Waals surface area contributed by atoms with Crippen LogP contribution in [-0.4, -0.2) is 14.9 Å². The number of imidazole rings is 1. The number of carbonyl (C=O) groups is 1. The molecule has 4 heteroatoms. The van der Waals surface area contributed by atoms with Crippen LogP contribution in [0.15, 0.2) is 17.2 Å². The van der Waals surface area contributed by atoms with E-state index in [9.17, 15) is 9.59 Å². The van der Waals surface area contributed by atoms with Gasteiger partial charge in [-0.25, -0.2) is 4.79 Å². The van der Waals surface area contributed by atoms with Crippen LogP contribution in [0.25, 0.3) is 0 Å². The van der Waals surface area contributed by atoms with Gasteiger partial charge < -0.3 is 0 Å². The number of rotatable bonds is 6. The Bertz CT molecular complexity index is 376. The van der Waals surface area contributed by atoms with Gasteiger partial charge in [0.1, 0.15) is 5.78 Å². The van der Waals surface area contributed by atoms with Crippen LogP contribution < -0.4 is 5.69 Å². The molecule has 0 fully saturated rings. The van der Waals surface area contributed by atoms with E-state index in [-0.39, 0.29) is 11.5 Å². The molecule has 0 unspecified atom stereocenters. The third-order valence-electron chi connectivity index (χ3n) is 2.51. The molecule has 0 N–H and O–H groups in total. The van der Waals surface area contributed by atoms with Gasteiger partial charge in [-0.2, -0.15) is 0 Å². The molecule has 0 aromatic carbocycles. The maximum atomic E-state index is 11.6. The van der Waals surface area contributed by atoms with Crippen molar-refractivity contribution in [2.45, 2.75) is 46.2 Å². The lowest BCUT2D eigenvalue weighted by atomic mass is 10.2. The Kier molecular flexibility index (Phi) is 4.34. The molecule has 0 bridgehead atoms. The van der Waals surface area contributed by atoms with E-state index in [2.05, 4.69) is 0 Å². The fourth-order valence-electron chi connectivity index (χ4n) is 1.49. The summed E-state index contributed by atoms with van der Waals surface area (Å²) < 4.78 is 3.31. The standard InChI is InChI=1S/C11H18N2O2/c1-3-10(14)6-5-7-13-9-8-12(4-2)11(13)15/h8-9H,3-7H2,1-2H3. The Morgan fingerprint density at radius 1 is 1.27 bits per heavy atom. The molecule has 1 rings (SSSR count). The number of Topliss-reactive ketones (excluding diaryl/α,β-unsaturated/α-hetero) is 1. The first-order valence-corrected chi connectivity index (χ1v) is 5.46. The summed E-state index contributed by atoms with van der Waals surface area (Å²) in [7, 11) is 0. The minimum Gasteiger partial charge on any atom is -0.300 e. The largest absolute Gasteiger partial charge is 0.328 e. The van der Waals surface area contributed by atoms with E-state index >= 15 is 0 Å². The van der Waals surface area contributed by atoms with E-state index in [0.29, 0.717) is 25.9 Å². The van der Waals surface area contributed by atoms with E-state index in [1.165, 1.54) is 0 Å². The molecule has 1 heterocycles. The molecule has 0 aliphatic rings. The third-order valence-corrected chi connectivity index (χ3v) is 2.51. The molecule has 4 nitrogen and oxygen atoms in total. The van der Waals surface area contributed by atoms with Crippen LogP contribution in [0.2, 0.25) is 0 Å². The van der Waals surface area contributed by atoms with E-state index in [1.807, 2.05) is 13.8 Å². The van der Waals surface area contributed by atoms with Gasteiger partial charge >= 0.3 is 5.69 Å². The van der Waals surface area contributed by atoms with Crippen molar-refractivity contribution in [1.29, 1.82) is 0 Å². The van der Waals surface area contributed by atoms with Crippen LogP contribution in [0.4, 0.5) is 0 Å². The van der Waals surface area contributed by atoms with Gasteiger partial charge in [0.15, 0.2) is 0 Å². The van der Waals surface area contributed by atoms with Crippen LogP contribution in [0.5, 0.6) is 0 Å². The van der Waals surface area contributed by atoms with Gasteiger partial charge in [-0.1, -0.05) is 6.92 Å². The normalized spacial score (nSPS) is 10.5. The average Bonchev–Trinajstić information content (AvgIpc) is 2.60. The predicted molar refractivity (Wildman–Crippen MR) is 58.9 cm³/mol. The quantitative estimate of drug-likeness (QED) is 0.713. The number of nitrogens with zero attached hydrogens (tertiary/aromatic N) is 2. The minimum atomic E-state index is 0.0152. The second kappa shape index (κ2) is 5.53. The van der Waals surface area contributed by atoms with E-state index in [1.54, 1.807) is 21.5 Å². The van der Waals surface area contributed by atoms with Crippen molar-refractivity contribution in [3.8, 4) is 0 Å². The topological polar surface area (TPSA) is 44.0 Å². The fraction of sp³-hybridized carbons (Fsp3) is 0.636. The molecular formula is C11H18N2O2. The maximum Gasteiger partial charge on any atom is 0.328 e. The first-order chi connectivity index (χ1) is 7.19. The van der Waals surface area contributed by atoms with Crippen molar-refractivity contribution >= 4 is 5.78 Å². The van der Waals surface area contributed by atoms with Crippen molar-refractivity contribution in [1.82, 2.24) is 9.13 Å². The highest BCUT2D eigenvalue weighted by Crippen LogP contribution is 1.97. The Morgan fingerprint density at radius 3 is 2.47 bits per heavy atom. The Hall–Kier alpha value is -1.32. The summed E-state index contributed by atoms with van der Waals surface area (Å²) in [5.74, 6) is 0.262. The summed E-state index contributed by atoms with van der Waals surface area (Å²) in [6, 6.07) is 0. The van der Waals surface area contributed by atoms with Gasteiger partial charge in [0.05, 0.1) is 0 Å². The summed E-state index contributed by atoms with van der Waals surface area (Å²) >= 11 is 0. The molecule has 0 aliphatic heterocycles. The van der Waals surface area contributed by atoms with Crippen molar-refractivity contribution < 1.29 is 4.79 Å². The summed E-state index contributed by atoms with van der Waals surface area (Å²) in [6.07, 6.45) is 5.47. The summed E-state index contributed by atoms with van der Waals surface area (Å²) in [5, 5.41) is 0. The molecule has 0 amide bonds. The smallest absolute Gasteiger partial charge is 0.300 e. The molecule has 0 saturated carbocycles. The van der Waals surface area contributed by atoms with Gasteiger partial charge in [0.2, 0.25) is 0 Å². The minimum absolute atomic E-state index is 0.0152. The van der Waals surface area contributed by atoms with Gasteiger partial charge in [-0.15, -0.1) is 0 Å². The van der Waals surface area contributed by atoms with E-state index in [4.69, 9.17) is 0 Å². The number of hydrogen-bond donors (Lipinski definition) is 0. The van der Waals surface area contributed by atoms with Gasteiger partial charge in [0.25, 0.3) is 0 Å². The van der Waals surface area contributed by atoms with Crippen LogP contribution in [-0.2, 0) is 17.9 Å². The first kappa shape index (κ1) is 11.8. The van der Waals surface area contributed by atoms with Crippen LogP contribution >= 0.6 is 0 Å².